The van der Waals surface area contributed by atoms with Gasteiger partial charge >= 0.3 is 0 Å². The minimum absolute atomic E-state index is 0.0239. The number of rotatable bonds is 6. The van der Waals surface area contributed by atoms with Gasteiger partial charge in [-0.25, -0.2) is 18.2 Å². The maximum Gasteiger partial charge on any atom is 0.226 e. The fraction of sp³-hybridized carbons (Fsp3) is 0.529. The number of carbonyl (C=O) groups excluding carboxylic acids is 2. The van der Waals surface area contributed by atoms with Gasteiger partial charge in [0.05, 0.1) is 23.5 Å². The van der Waals surface area contributed by atoms with Gasteiger partial charge in [0.15, 0.2) is 9.84 Å². The molecule has 0 spiro atoms. The van der Waals surface area contributed by atoms with Crippen LogP contribution in [-0.4, -0.2) is 50.9 Å². The first-order chi connectivity index (χ1) is 12.8. The Labute approximate surface area is 157 Å². The van der Waals surface area contributed by atoms with Crippen molar-refractivity contribution >= 4 is 21.7 Å². The van der Waals surface area contributed by atoms with Gasteiger partial charge in [-0.2, -0.15) is 0 Å². The maximum absolute atomic E-state index is 13.1. The molecule has 0 aliphatic carbocycles. The molecule has 2 amide bonds. The van der Waals surface area contributed by atoms with Crippen molar-refractivity contribution in [3.05, 3.63) is 35.6 Å². The van der Waals surface area contributed by atoms with Gasteiger partial charge in [-0.3, -0.25) is 15.0 Å². The van der Waals surface area contributed by atoms with Crippen LogP contribution in [0.15, 0.2) is 24.3 Å². The first kappa shape index (κ1) is 19.7. The van der Waals surface area contributed by atoms with E-state index in [0.717, 1.165) is 5.56 Å². The molecule has 4 N–H and O–H groups in total. The van der Waals surface area contributed by atoms with E-state index in [4.69, 9.17) is 0 Å². The van der Waals surface area contributed by atoms with E-state index >= 15 is 0 Å². The molecule has 3 atom stereocenters. The molecular weight excluding hydrogens is 375 g/mol. The second-order valence-electron chi connectivity index (χ2n) is 6.87. The first-order valence-electron chi connectivity index (χ1n) is 8.85. The zero-order chi connectivity index (χ0) is 19.4. The SMILES string of the molecule is O=C(CCNC(=O)C1CNNC1c1ccc(F)cc1)NC1CCS(=O)(=O)C1. The van der Waals surface area contributed by atoms with Crippen molar-refractivity contribution < 1.29 is 22.4 Å². The summed E-state index contributed by atoms with van der Waals surface area (Å²) in [6, 6.07) is 5.31. The van der Waals surface area contributed by atoms with E-state index in [9.17, 15) is 22.4 Å². The largest absolute Gasteiger partial charge is 0.355 e. The third-order valence-electron chi connectivity index (χ3n) is 4.80. The number of halogens is 1. The second kappa shape index (κ2) is 8.32. The van der Waals surface area contributed by atoms with Crippen molar-refractivity contribution in [1.82, 2.24) is 21.5 Å². The van der Waals surface area contributed by atoms with Crippen molar-refractivity contribution in [2.75, 3.05) is 24.6 Å². The van der Waals surface area contributed by atoms with Crippen LogP contribution in [0.25, 0.3) is 0 Å². The maximum atomic E-state index is 13.1. The topological polar surface area (TPSA) is 116 Å². The molecule has 2 aliphatic rings. The Morgan fingerprint density at radius 1 is 1.22 bits per heavy atom. The summed E-state index contributed by atoms with van der Waals surface area (Å²) in [6.07, 6.45) is 0.510. The van der Waals surface area contributed by atoms with Crippen molar-refractivity contribution in [1.29, 1.82) is 0 Å². The molecule has 2 saturated heterocycles. The Kier molecular flexibility index (Phi) is 6.08. The number of amides is 2. The van der Waals surface area contributed by atoms with Crippen LogP contribution in [-0.2, 0) is 19.4 Å². The molecule has 27 heavy (non-hydrogen) atoms. The molecule has 0 aromatic heterocycles. The monoisotopic (exact) mass is 398 g/mol. The Bertz CT molecular complexity index is 800. The second-order valence-corrected chi connectivity index (χ2v) is 9.10. The molecule has 1 aromatic rings. The Morgan fingerprint density at radius 2 is 1.96 bits per heavy atom. The van der Waals surface area contributed by atoms with E-state index in [2.05, 4.69) is 21.5 Å². The average molecular weight is 398 g/mol. The lowest BCUT2D eigenvalue weighted by Gasteiger charge is -2.18. The molecule has 3 unspecified atom stereocenters. The number of hydrogen-bond acceptors (Lipinski definition) is 6. The predicted octanol–water partition coefficient (Wildman–Crippen LogP) is -0.600. The van der Waals surface area contributed by atoms with Crippen LogP contribution in [0.2, 0.25) is 0 Å². The highest BCUT2D eigenvalue weighted by molar-refractivity contribution is 7.91. The van der Waals surface area contributed by atoms with Crippen LogP contribution in [0.3, 0.4) is 0 Å². The lowest BCUT2D eigenvalue weighted by Crippen LogP contribution is -2.39. The first-order valence-corrected chi connectivity index (χ1v) is 10.7. The molecule has 0 bridgehead atoms. The molecular formula is C17H23FN4O4S. The molecule has 1 aromatic carbocycles. The van der Waals surface area contributed by atoms with Crippen molar-refractivity contribution in [3.63, 3.8) is 0 Å². The highest BCUT2D eigenvalue weighted by Crippen LogP contribution is 2.25. The van der Waals surface area contributed by atoms with Crippen LogP contribution in [0.4, 0.5) is 4.39 Å². The number of nitrogens with one attached hydrogen (secondary N) is 4. The van der Waals surface area contributed by atoms with E-state index < -0.39 is 15.8 Å². The summed E-state index contributed by atoms with van der Waals surface area (Å²) in [6.45, 7) is 0.580. The quantitative estimate of drug-likeness (QED) is 0.509. The van der Waals surface area contributed by atoms with E-state index in [1.807, 2.05) is 0 Å². The number of sulfone groups is 1. The molecule has 0 radical (unpaired) electrons. The fourth-order valence-electron chi connectivity index (χ4n) is 3.37. The number of carbonyl (C=O) groups is 2. The molecule has 148 valence electrons. The highest BCUT2D eigenvalue weighted by atomic mass is 32.2. The average Bonchev–Trinajstić information content (AvgIpc) is 3.22. The fourth-order valence-corrected chi connectivity index (χ4v) is 5.04. The molecule has 2 aliphatic heterocycles. The predicted molar refractivity (Wildman–Crippen MR) is 96.6 cm³/mol. The molecule has 8 nitrogen and oxygen atoms in total. The standard InChI is InChI=1S/C17H23FN4O4S/c18-12-3-1-11(2-4-12)16-14(9-20-22-16)17(24)19-7-5-15(23)21-13-6-8-27(25,26)10-13/h1-4,13-14,16,20,22H,5-10H2,(H,19,24)(H,21,23). The van der Waals surface area contributed by atoms with Gasteiger partial charge in [0.1, 0.15) is 5.82 Å². The molecule has 10 heteroatoms. The van der Waals surface area contributed by atoms with Gasteiger partial charge in [0.2, 0.25) is 11.8 Å². The summed E-state index contributed by atoms with van der Waals surface area (Å²) < 4.78 is 35.9. The summed E-state index contributed by atoms with van der Waals surface area (Å²) in [5.74, 6) is -1.15. The van der Waals surface area contributed by atoms with Gasteiger partial charge in [-0.1, -0.05) is 12.1 Å². The number of hydrazine groups is 1. The lowest BCUT2D eigenvalue weighted by molar-refractivity contribution is -0.125. The van der Waals surface area contributed by atoms with Crippen LogP contribution in [0.1, 0.15) is 24.4 Å². The molecule has 3 rings (SSSR count). The van der Waals surface area contributed by atoms with Crippen LogP contribution in [0.5, 0.6) is 0 Å². The van der Waals surface area contributed by atoms with Gasteiger partial charge in [-0.05, 0) is 24.1 Å². The van der Waals surface area contributed by atoms with Crippen molar-refractivity contribution in [3.8, 4) is 0 Å². The Hall–Kier alpha value is -2.04. The minimum atomic E-state index is -3.04. The van der Waals surface area contributed by atoms with Gasteiger partial charge in [-0.15, -0.1) is 0 Å². The zero-order valence-electron chi connectivity index (χ0n) is 14.7. The van der Waals surface area contributed by atoms with Crippen LogP contribution >= 0.6 is 0 Å². The highest BCUT2D eigenvalue weighted by Gasteiger charge is 2.34. The van der Waals surface area contributed by atoms with E-state index in [1.165, 1.54) is 12.1 Å². The van der Waals surface area contributed by atoms with E-state index in [1.54, 1.807) is 12.1 Å². The number of benzene rings is 1. The minimum Gasteiger partial charge on any atom is -0.355 e. The Morgan fingerprint density at radius 3 is 2.63 bits per heavy atom. The smallest absolute Gasteiger partial charge is 0.226 e. The van der Waals surface area contributed by atoms with Crippen molar-refractivity contribution in [2.24, 2.45) is 5.92 Å². The third-order valence-corrected chi connectivity index (χ3v) is 6.56. The molecule has 0 saturated carbocycles. The number of hydrogen-bond donors (Lipinski definition) is 4. The zero-order valence-corrected chi connectivity index (χ0v) is 15.5. The summed E-state index contributed by atoms with van der Waals surface area (Å²) in [5, 5.41) is 5.42. The summed E-state index contributed by atoms with van der Waals surface area (Å²) in [7, 11) is -3.04. The van der Waals surface area contributed by atoms with E-state index in [-0.39, 0.29) is 54.2 Å². The van der Waals surface area contributed by atoms with Gasteiger partial charge in [0, 0.05) is 25.6 Å². The summed E-state index contributed by atoms with van der Waals surface area (Å²) in [4.78, 5) is 24.3. The summed E-state index contributed by atoms with van der Waals surface area (Å²) >= 11 is 0. The van der Waals surface area contributed by atoms with E-state index in [0.29, 0.717) is 13.0 Å². The third kappa shape index (κ3) is 5.24. The Balaban J connectivity index is 1.44. The van der Waals surface area contributed by atoms with Crippen LogP contribution < -0.4 is 21.5 Å². The van der Waals surface area contributed by atoms with Gasteiger partial charge < -0.3 is 10.6 Å². The molecule has 2 fully saturated rings. The lowest BCUT2D eigenvalue weighted by atomic mass is 9.94. The van der Waals surface area contributed by atoms with Crippen LogP contribution in [0, 0.1) is 11.7 Å². The van der Waals surface area contributed by atoms with Gasteiger partial charge in [0.25, 0.3) is 0 Å². The molecule has 2 heterocycles. The van der Waals surface area contributed by atoms with Crippen molar-refractivity contribution in [2.45, 2.75) is 24.9 Å². The summed E-state index contributed by atoms with van der Waals surface area (Å²) in [5.41, 5.74) is 6.73. The normalized spacial score (nSPS) is 26.6.